The van der Waals surface area contributed by atoms with Crippen LogP contribution >= 0.6 is 12.2 Å². The molecular weight excluding hydrogens is 238 g/mol. The number of carbonyl (C=O) groups excluding carboxylic acids is 1. The first kappa shape index (κ1) is 15.9. The van der Waals surface area contributed by atoms with E-state index in [-0.39, 0.29) is 5.97 Å². The van der Waals surface area contributed by atoms with Gasteiger partial charge >= 0.3 is 5.97 Å². The molecule has 0 atom stereocenters. The van der Waals surface area contributed by atoms with Gasteiger partial charge in [0, 0.05) is 27.2 Å². The number of rotatable bonds is 7. The van der Waals surface area contributed by atoms with Crippen LogP contribution in [0.5, 0.6) is 0 Å². The molecule has 0 fully saturated rings. The van der Waals surface area contributed by atoms with Crippen molar-refractivity contribution in [1.29, 1.82) is 0 Å². The summed E-state index contributed by atoms with van der Waals surface area (Å²) in [6, 6.07) is 0. The van der Waals surface area contributed by atoms with E-state index >= 15 is 0 Å². The van der Waals surface area contributed by atoms with Crippen molar-refractivity contribution in [1.82, 2.24) is 15.3 Å². The summed E-state index contributed by atoms with van der Waals surface area (Å²) in [5, 5.41) is 7.22. The third-order valence-corrected chi connectivity index (χ3v) is 2.30. The normalized spacial score (nSPS) is 9.88. The van der Waals surface area contributed by atoms with Gasteiger partial charge in [0.2, 0.25) is 0 Å². The van der Waals surface area contributed by atoms with E-state index in [1.165, 1.54) is 0 Å². The lowest BCUT2D eigenvalue weighted by atomic mass is 10.4. The second kappa shape index (κ2) is 8.95. The maximum Gasteiger partial charge on any atom is 0.307 e. The number of carbonyl (C=O) groups is 1. The number of nitrogens with one attached hydrogen (secondary N) is 1. The number of hydrogen-bond donors (Lipinski definition) is 1. The Balaban J connectivity index is 4.19. The van der Waals surface area contributed by atoms with Gasteiger partial charge in [-0.05, 0) is 19.1 Å². The molecule has 0 amide bonds. The van der Waals surface area contributed by atoms with E-state index in [9.17, 15) is 4.79 Å². The van der Waals surface area contributed by atoms with Crippen LogP contribution in [0.1, 0.15) is 13.3 Å². The van der Waals surface area contributed by atoms with Crippen LogP contribution < -0.4 is 5.32 Å². The minimum atomic E-state index is -0.217. The Morgan fingerprint density at radius 1 is 1.53 bits per heavy atom. The van der Waals surface area contributed by atoms with E-state index in [2.05, 4.69) is 11.9 Å². The maximum atomic E-state index is 11.3. The van der Waals surface area contributed by atoms with Crippen molar-refractivity contribution in [3.63, 3.8) is 0 Å². The predicted octanol–water partition coefficient (Wildman–Crippen LogP) is 0.779. The molecule has 0 aliphatic heterocycles. The molecule has 6 heteroatoms. The zero-order chi connectivity index (χ0) is 13.3. The van der Waals surface area contributed by atoms with E-state index < -0.39 is 0 Å². The minimum Gasteiger partial charge on any atom is -0.466 e. The molecule has 0 aliphatic carbocycles. The summed E-state index contributed by atoms with van der Waals surface area (Å²) in [7, 11) is 3.74. The molecule has 0 saturated heterocycles. The molecule has 0 rings (SSSR count). The van der Waals surface area contributed by atoms with E-state index in [4.69, 9.17) is 17.0 Å². The van der Waals surface area contributed by atoms with Crippen LogP contribution in [0, 0.1) is 0 Å². The molecule has 5 nitrogen and oxygen atoms in total. The number of ether oxygens (including phenoxy) is 1. The van der Waals surface area contributed by atoms with Gasteiger partial charge in [-0.25, -0.2) is 5.01 Å². The number of hydrogen-bond acceptors (Lipinski definition) is 4. The van der Waals surface area contributed by atoms with Gasteiger partial charge in [0.15, 0.2) is 5.11 Å². The quantitative estimate of drug-likeness (QED) is 0.315. The fourth-order valence-corrected chi connectivity index (χ4v) is 1.50. The van der Waals surface area contributed by atoms with E-state index in [1.54, 1.807) is 18.0 Å². The number of esters is 1. The van der Waals surface area contributed by atoms with Crippen LogP contribution in [0.25, 0.3) is 0 Å². The van der Waals surface area contributed by atoms with Crippen molar-refractivity contribution in [2.75, 3.05) is 33.8 Å². The smallest absolute Gasteiger partial charge is 0.307 e. The Morgan fingerprint density at radius 3 is 2.65 bits per heavy atom. The van der Waals surface area contributed by atoms with Crippen molar-refractivity contribution in [3.05, 3.63) is 12.7 Å². The van der Waals surface area contributed by atoms with Crippen LogP contribution in [-0.2, 0) is 9.53 Å². The number of thiocarbonyl (C=S) groups is 1. The molecule has 0 bridgehead atoms. The molecule has 0 saturated carbocycles. The Morgan fingerprint density at radius 2 is 2.18 bits per heavy atom. The predicted molar refractivity (Wildman–Crippen MR) is 72.4 cm³/mol. The standard InChI is InChI=1S/C11H21N3O2S/c1-5-8-12-11(17)14(13(3)4)9-7-10(15)16-6-2/h5H,1,6-9H2,2-4H3,(H,12,17). The average molecular weight is 259 g/mol. The van der Waals surface area contributed by atoms with Crippen molar-refractivity contribution in [3.8, 4) is 0 Å². The Kier molecular flexibility index (Phi) is 8.35. The maximum absolute atomic E-state index is 11.3. The van der Waals surface area contributed by atoms with Crippen molar-refractivity contribution in [2.45, 2.75) is 13.3 Å². The van der Waals surface area contributed by atoms with Crippen molar-refractivity contribution in [2.24, 2.45) is 0 Å². The molecule has 0 aromatic rings. The molecular formula is C11H21N3O2S. The van der Waals surface area contributed by atoms with Crippen LogP contribution in [-0.4, -0.2) is 54.9 Å². The summed E-state index contributed by atoms with van der Waals surface area (Å²) in [5.74, 6) is -0.217. The summed E-state index contributed by atoms with van der Waals surface area (Å²) >= 11 is 5.21. The Hall–Kier alpha value is -1.14. The first-order valence-electron chi connectivity index (χ1n) is 5.52. The summed E-state index contributed by atoms with van der Waals surface area (Å²) in [5.41, 5.74) is 0. The number of nitrogens with zero attached hydrogens (tertiary/aromatic N) is 2. The van der Waals surface area contributed by atoms with Gasteiger partial charge in [-0.3, -0.25) is 9.80 Å². The highest BCUT2D eigenvalue weighted by Gasteiger charge is 2.13. The van der Waals surface area contributed by atoms with Gasteiger partial charge in [0.05, 0.1) is 13.0 Å². The van der Waals surface area contributed by atoms with Gasteiger partial charge < -0.3 is 10.1 Å². The highest BCUT2D eigenvalue weighted by atomic mass is 32.1. The summed E-state index contributed by atoms with van der Waals surface area (Å²) < 4.78 is 4.87. The molecule has 1 N–H and O–H groups in total. The highest BCUT2D eigenvalue weighted by Crippen LogP contribution is 1.97. The molecule has 98 valence electrons. The molecule has 0 unspecified atom stereocenters. The van der Waals surface area contributed by atoms with Crippen LogP contribution in [0.4, 0.5) is 0 Å². The van der Waals surface area contributed by atoms with Gasteiger partial charge in [-0.2, -0.15) is 0 Å². The molecule has 0 spiro atoms. The monoisotopic (exact) mass is 259 g/mol. The Labute approximate surface area is 108 Å². The van der Waals surface area contributed by atoms with Gasteiger partial charge in [-0.15, -0.1) is 6.58 Å². The van der Waals surface area contributed by atoms with Crippen molar-refractivity contribution < 1.29 is 9.53 Å². The van der Waals surface area contributed by atoms with Crippen LogP contribution in [0.3, 0.4) is 0 Å². The third kappa shape index (κ3) is 6.91. The topological polar surface area (TPSA) is 44.8 Å². The molecule has 0 radical (unpaired) electrons. The largest absolute Gasteiger partial charge is 0.466 e. The summed E-state index contributed by atoms with van der Waals surface area (Å²) in [4.78, 5) is 11.3. The zero-order valence-electron chi connectivity index (χ0n) is 10.7. The lowest BCUT2D eigenvalue weighted by Crippen LogP contribution is -2.48. The fourth-order valence-electron chi connectivity index (χ4n) is 1.16. The molecule has 0 aromatic carbocycles. The van der Waals surface area contributed by atoms with E-state index in [0.29, 0.717) is 31.2 Å². The lowest BCUT2D eigenvalue weighted by Gasteiger charge is -2.31. The summed E-state index contributed by atoms with van der Waals surface area (Å²) in [6.45, 7) is 6.89. The van der Waals surface area contributed by atoms with Gasteiger partial charge in [0.25, 0.3) is 0 Å². The van der Waals surface area contributed by atoms with E-state index in [0.717, 1.165) is 0 Å². The lowest BCUT2D eigenvalue weighted by molar-refractivity contribution is -0.143. The van der Waals surface area contributed by atoms with Crippen LogP contribution in [0.2, 0.25) is 0 Å². The summed E-state index contributed by atoms with van der Waals surface area (Å²) in [6.07, 6.45) is 2.04. The molecule has 17 heavy (non-hydrogen) atoms. The molecule has 0 aliphatic rings. The first-order valence-corrected chi connectivity index (χ1v) is 5.92. The molecule has 0 heterocycles. The average Bonchev–Trinajstić information content (AvgIpc) is 2.26. The van der Waals surface area contributed by atoms with Gasteiger partial charge in [0.1, 0.15) is 0 Å². The third-order valence-electron chi connectivity index (χ3n) is 1.95. The second-order valence-corrected chi connectivity index (χ2v) is 3.89. The molecule has 0 aromatic heterocycles. The fraction of sp³-hybridized carbons (Fsp3) is 0.636. The minimum absolute atomic E-state index is 0.217. The van der Waals surface area contributed by atoms with Gasteiger partial charge in [-0.1, -0.05) is 6.08 Å². The Bertz CT molecular complexity index is 269. The highest BCUT2D eigenvalue weighted by molar-refractivity contribution is 7.80. The zero-order valence-corrected chi connectivity index (χ0v) is 11.5. The van der Waals surface area contributed by atoms with Crippen molar-refractivity contribution >= 4 is 23.3 Å². The SMILES string of the molecule is C=CCNC(=S)N(CCC(=O)OCC)N(C)C. The number of hydrazine groups is 1. The first-order chi connectivity index (χ1) is 8.02. The van der Waals surface area contributed by atoms with E-state index in [1.807, 2.05) is 19.1 Å². The second-order valence-electron chi connectivity index (χ2n) is 3.50. The van der Waals surface area contributed by atoms with Crippen LogP contribution in [0.15, 0.2) is 12.7 Å².